The molecule has 4 aromatic rings. The van der Waals surface area contributed by atoms with Gasteiger partial charge < -0.3 is 20.5 Å². The van der Waals surface area contributed by atoms with Gasteiger partial charge in [0, 0.05) is 6.54 Å². The van der Waals surface area contributed by atoms with E-state index in [0.29, 0.717) is 11.4 Å². The Kier molecular flexibility index (Phi) is 7.11. The lowest BCUT2D eigenvalue weighted by atomic mass is 10.1. The molecule has 2 heterocycles. The average molecular weight is 495 g/mol. The van der Waals surface area contributed by atoms with E-state index >= 15 is 0 Å². The number of hydrogen-bond acceptors (Lipinski definition) is 7. The van der Waals surface area contributed by atoms with Crippen molar-refractivity contribution in [2.45, 2.75) is 13.5 Å². The summed E-state index contributed by atoms with van der Waals surface area (Å²) in [4.78, 5) is 26.0. The lowest BCUT2D eigenvalue weighted by Gasteiger charge is -2.11. The molecule has 10 heteroatoms. The maximum Gasteiger partial charge on any atom is 0.359 e. The van der Waals surface area contributed by atoms with Crippen LogP contribution in [0.3, 0.4) is 0 Å². The van der Waals surface area contributed by atoms with Crippen molar-refractivity contribution in [1.82, 2.24) is 15.1 Å². The first-order chi connectivity index (χ1) is 16.9. The van der Waals surface area contributed by atoms with Gasteiger partial charge in [-0.3, -0.25) is 4.79 Å². The minimum atomic E-state index is -0.569. The van der Waals surface area contributed by atoms with Crippen LogP contribution in [0.2, 0.25) is 0 Å². The largest absolute Gasteiger partial charge is 0.496 e. The minimum Gasteiger partial charge on any atom is -0.496 e. The van der Waals surface area contributed by atoms with Crippen LogP contribution in [0.25, 0.3) is 16.3 Å². The Bertz CT molecular complexity index is 1350. The third kappa shape index (κ3) is 5.02. The molecule has 0 spiro atoms. The highest BCUT2D eigenvalue weighted by atomic mass is 32.1. The Labute approximate surface area is 205 Å². The molecular weight excluding hydrogens is 471 g/mol. The quantitative estimate of drug-likeness (QED) is 0.351. The van der Waals surface area contributed by atoms with Crippen LogP contribution in [0, 0.1) is 5.82 Å². The smallest absolute Gasteiger partial charge is 0.359 e. The van der Waals surface area contributed by atoms with Crippen molar-refractivity contribution in [1.29, 1.82) is 0 Å². The lowest BCUT2D eigenvalue weighted by Crippen LogP contribution is -2.23. The fourth-order valence-corrected chi connectivity index (χ4v) is 4.22. The van der Waals surface area contributed by atoms with Crippen LogP contribution < -0.4 is 15.8 Å². The summed E-state index contributed by atoms with van der Waals surface area (Å²) in [6.45, 7) is 2.12. The SMILES string of the molecule is CCOC(=O)c1c(N)c(-c2cccs2)nn1-c1ccc(CNC(=O)c2cc(F)ccc2OC)cc1. The number of rotatable bonds is 8. The first-order valence-corrected chi connectivity index (χ1v) is 11.6. The van der Waals surface area contributed by atoms with Crippen LogP contribution in [0.4, 0.5) is 10.1 Å². The van der Waals surface area contributed by atoms with E-state index in [1.54, 1.807) is 31.2 Å². The zero-order valence-corrected chi connectivity index (χ0v) is 19.9. The summed E-state index contributed by atoms with van der Waals surface area (Å²) in [7, 11) is 1.42. The van der Waals surface area contributed by atoms with Crippen molar-refractivity contribution in [2.75, 3.05) is 19.5 Å². The Morgan fingerprint density at radius 1 is 1.17 bits per heavy atom. The van der Waals surface area contributed by atoms with Gasteiger partial charge in [0.1, 0.15) is 17.3 Å². The summed E-state index contributed by atoms with van der Waals surface area (Å²) in [5.41, 5.74) is 8.69. The van der Waals surface area contributed by atoms with Gasteiger partial charge in [0.2, 0.25) is 0 Å². The number of esters is 1. The van der Waals surface area contributed by atoms with Crippen molar-refractivity contribution in [3.63, 3.8) is 0 Å². The van der Waals surface area contributed by atoms with Gasteiger partial charge in [-0.25, -0.2) is 13.9 Å². The maximum atomic E-state index is 13.6. The first-order valence-electron chi connectivity index (χ1n) is 10.7. The second-order valence-electron chi connectivity index (χ2n) is 7.41. The fourth-order valence-electron chi connectivity index (χ4n) is 3.50. The molecule has 0 aliphatic rings. The topological polar surface area (TPSA) is 108 Å². The molecule has 0 bridgehead atoms. The van der Waals surface area contributed by atoms with Crippen LogP contribution in [0.5, 0.6) is 5.75 Å². The van der Waals surface area contributed by atoms with Crippen LogP contribution >= 0.6 is 11.3 Å². The molecule has 0 unspecified atom stereocenters. The lowest BCUT2D eigenvalue weighted by molar-refractivity contribution is 0.0517. The second-order valence-corrected chi connectivity index (χ2v) is 8.36. The number of benzene rings is 2. The van der Waals surface area contributed by atoms with Gasteiger partial charge in [0.25, 0.3) is 5.91 Å². The highest BCUT2D eigenvalue weighted by Crippen LogP contribution is 2.33. The number of nitrogens with zero attached hydrogens (tertiary/aromatic N) is 2. The molecule has 0 aliphatic carbocycles. The Morgan fingerprint density at radius 2 is 1.94 bits per heavy atom. The van der Waals surface area contributed by atoms with E-state index < -0.39 is 17.7 Å². The molecule has 4 rings (SSSR count). The molecule has 0 saturated heterocycles. The summed E-state index contributed by atoms with van der Waals surface area (Å²) >= 11 is 1.47. The number of hydrogen-bond donors (Lipinski definition) is 2. The average Bonchev–Trinajstić information content (AvgIpc) is 3.51. The molecule has 0 atom stereocenters. The molecule has 0 aliphatic heterocycles. The number of nitrogens with two attached hydrogens (primary N) is 1. The van der Waals surface area contributed by atoms with Crippen LogP contribution in [-0.4, -0.2) is 35.4 Å². The van der Waals surface area contributed by atoms with E-state index in [0.717, 1.165) is 16.5 Å². The molecule has 35 heavy (non-hydrogen) atoms. The van der Waals surface area contributed by atoms with Gasteiger partial charge in [-0.2, -0.15) is 5.10 Å². The number of nitrogens with one attached hydrogen (secondary N) is 1. The monoisotopic (exact) mass is 494 g/mol. The Morgan fingerprint density at radius 3 is 2.60 bits per heavy atom. The normalized spacial score (nSPS) is 10.7. The third-order valence-corrected chi connectivity index (χ3v) is 6.06. The number of aromatic nitrogens is 2. The van der Waals surface area contributed by atoms with Crippen molar-refractivity contribution >= 4 is 28.9 Å². The number of halogens is 1. The molecule has 0 fully saturated rings. The molecule has 2 aromatic heterocycles. The molecule has 0 saturated carbocycles. The van der Waals surface area contributed by atoms with E-state index in [1.807, 2.05) is 17.5 Å². The zero-order valence-electron chi connectivity index (χ0n) is 19.1. The van der Waals surface area contributed by atoms with Gasteiger partial charge >= 0.3 is 5.97 Å². The highest BCUT2D eigenvalue weighted by molar-refractivity contribution is 7.13. The van der Waals surface area contributed by atoms with E-state index in [1.165, 1.54) is 35.3 Å². The number of carbonyl (C=O) groups excluding carboxylic acids is 2. The summed E-state index contributed by atoms with van der Waals surface area (Å²) in [5, 5.41) is 9.24. The van der Waals surface area contributed by atoms with E-state index in [4.69, 9.17) is 15.2 Å². The number of thiophene rings is 1. The predicted molar refractivity (Wildman–Crippen MR) is 131 cm³/mol. The first kappa shape index (κ1) is 24.0. The molecule has 1 amide bonds. The molecule has 2 aromatic carbocycles. The fraction of sp³-hybridized carbons (Fsp3) is 0.160. The number of amides is 1. The summed E-state index contributed by atoms with van der Waals surface area (Å²) in [6.07, 6.45) is 0. The van der Waals surface area contributed by atoms with Crippen molar-refractivity contribution in [3.05, 3.63) is 82.6 Å². The number of anilines is 1. The number of nitrogen functional groups attached to an aromatic ring is 1. The van der Waals surface area contributed by atoms with Gasteiger partial charge in [-0.15, -0.1) is 11.3 Å². The maximum absolute atomic E-state index is 13.6. The van der Waals surface area contributed by atoms with Crippen LogP contribution in [0.1, 0.15) is 33.3 Å². The molecule has 180 valence electrons. The van der Waals surface area contributed by atoms with E-state index in [-0.39, 0.29) is 35.8 Å². The van der Waals surface area contributed by atoms with E-state index in [2.05, 4.69) is 10.4 Å². The molecule has 3 N–H and O–H groups in total. The van der Waals surface area contributed by atoms with Gasteiger partial charge in [-0.05, 0) is 54.3 Å². The predicted octanol–water partition coefficient (Wildman–Crippen LogP) is 4.44. The molecular formula is C25H23FN4O4S. The summed E-state index contributed by atoms with van der Waals surface area (Å²) in [6, 6.07) is 14.6. The number of carbonyl (C=O) groups is 2. The van der Waals surface area contributed by atoms with Gasteiger partial charge in [0.15, 0.2) is 5.69 Å². The summed E-state index contributed by atoms with van der Waals surface area (Å²) < 4.78 is 25.4. The number of methoxy groups -OCH3 is 1. The number of ether oxygens (including phenoxy) is 2. The van der Waals surface area contributed by atoms with Gasteiger partial charge in [-0.1, -0.05) is 18.2 Å². The third-order valence-electron chi connectivity index (χ3n) is 5.19. The van der Waals surface area contributed by atoms with Crippen molar-refractivity contribution in [2.24, 2.45) is 0 Å². The zero-order chi connectivity index (χ0) is 24.9. The minimum absolute atomic E-state index is 0.108. The summed E-state index contributed by atoms with van der Waals surface area (Å²) in [5.74, 6) is -1.28. The standard InChI is InChI=1S/C25H23FN4O4S/c1-3-34-25(32)23-21(27)22(20-5-4-12-35-20)29-30(23)17-9-6-15(7-10-17)14-28-24(31)18-13-16(26)8-11-19(18)33-2/h4-13H,3,14,27H2,1-2H3,(H,28,31). The van der Waals surface area contributed by atoms with Crippen LogP contribution in [0.15, 0.2) is 60.0 Å². The second kappa shape index (κ2) is 10.4. The Balaban J connectivity index is 1.57. The Hall–Kier alpha value is -4.18. The molecule has 0 radical (unpaired) electrons. The van der Waals surface area contributed by atoms with Crippen molar-refractivity contribution < 1.29 is 23.5 Å². The highest BCUT2D eigenvalue weighted by Gasteiger charge is 2.25. The molecule has 8 nitrogen and oxygen atoms in total. The van der Waals surface area contributed by atoms with Gasteiger partial charge in [0.05, 0.1) is 35.5 Å². The van der Waals surface area contributed by atoms with E-state index in [9.17, 15) is 14.0 Å². The van der Waals surface area contributed by atoms with Crippen molar-refractivity contribution in [3.8, 4) is 22.0 Å². The van der Waals surface area contributed by atoms with Crippen LogP contribution in [-0.2, 0) is 11.3 Å².